The fraction of sp³-hybridized carbons (Fsp3) is 0.538. The van der Waals surface area contributed by atoms with E-state index in [0.717, 1.165) is 30.3 Å². The molecule has 0 N–H and O–H groups in total. The van der Waals surface area contributed by atoms with Crippen molar-refractivity contribution in [1.29, 1.82) is 0 Å². The number of alkyl halides is 1. The van der Waals surface area contributed by atoms with Crippen LogP contribution in [0.25, 0.3) is 0 Å². The molecule has 0 radical (unpaired) electrons. The van der Waals surface area contributed by atoms with E-state index in [9.17, 15) is 4.39 Å². The number of hydrogen-bond acceptors (Lipinski definition) is 1. The molecule has 1 aromatic rings. The first-order valence-electron chi connectivity index (χ1n) is 5.84. The summed E-state index contributed by atoms with van der Waals surface area (Å²) in [6, 6.07) is 5.53. The lowest BCUT2D eigenvalue weighted by Crippen LogP contribution is -2.20. The first kappa shape index (κ1) is 11.9. The molecule has 0 amide bonds. The van der Waals surface area contributed by atoms with E-state index in [1.54, 1.807) is 6.07 Å². The van der Waals surface area contributed by atoms with Crippen LogP contribution in [0.15, 0.2) is 18.2 Å². The van der Waals surface area contributed by atoms with Gasteiger partial charge in [-0.15, -0.1) is 0 Å². The highest BCUT2D eigenvalue weighted by atomic mass is 79.9. The highest BCUT2D eigenvalue weighted by molar-refractivity contribution is 9.08. The van der Waals surface area contributed by atoms with Crippen LogP contribution in [-0.2, 0) is 5.33 Å². The van der Waals surface area contributed by atoms with Crippen molar-refractivity contribution < 1.29 is 4.39 Å². The van der Waals surface area contributed by atoms with Gasteiger partial charge in [-0.1, -0.05) is 35.3 Å². The first-order valence-corrected chi connectivity index (χ1v) is 6.96. The highest BCUT2D eigenvalue weighted by Crippen LogP contribution is 2.28. The Morgan fingerprint density at radius 3 is 2.88 bits per heavy atom. The second-order valence-corrected chi connectivity index (χ2v) is 4.99. The zero-order valence-corrected chi connectivity index (χ0v) is 11.1. The Morgan fingerprint density at radius 1 is 1.50 bits per heavy atom. The lowest BCUT2D eigenvalue weighted by atomic mass is 10.1. The van der Waals surface area contributed by atoms with Crippen molar-refractivity contribution >= 4 is 21.6 Å². The average molecular weight is 286 g/mol. The Balaban J connectivity index is 2.15. The number of anilines is 1. The molecule has 1 nitrogen and oxygen atoms in total. The van der Waals surface area contributed by atoms with Crippen LogP contribution in [-0.4, -0.2) is 13.1 Å². The Bertz CT molecular complexity index is 367. The molecule has 16 heavy (non-hydrogen) atoms. The Morgan fingerprint density at radius 2 is 2.31 bits per heavy atom. The fourth-order valence-electron chi connectivity index (χ4n) is 2.27. The molecule has 1 aromatic carbocycles. The van der Waals surface area contributed by atoms with Crippen LogP contribution in [0.5, 0.6) is 0 Å². The monoisotopic (exact) mass is 285 g/mol. The first-order chi connectivity index (χ1) is 7.74. The zero-order chi connectivity index (χ0) is 11.5. The van der Waals surface area contributed by atoms with Crippen molar-refractivity contribution in [2.45, 2.75) is 25.1 Å². The van der Waals surface area contributed by atoms with Gasteiger partial charge in [0.15, 0.2) is 0 Å². The zero-order valence-electron chi connectivity index (χ0n) is 9.55. The summed E-state index contributed by atoms with van der Waals surface area (Å²) in [6.45, 7) is 4.20. The van der Waals surface area contributed by atoms with Crippen molar-refractivity contribution in [3.8, 4) is 0 Å². The van der Waals surface area contributed by atoms with E-state index < -0.39 is 0 Å². The number of rotatable bonds is 3. The summed E-state index contributed by atoms with van der Waals surface area (Å²) in [5.41, 5.74) is 1.76. The minimum atomic E-state index is -0.0892. The van der Waals surface area contributed by atoms with Gasteiger partial charge in [0.25, 0.3) is 0 Å². The smallest absolute Gasteiger partial charge is 0.146 e. The van der Waals surface area contributed by atoms with Crippen LogP contribution in [0, 0.1) is 11.7 Å². The van der Waals surface area contributed by atoms with Gasteiger partial charge in [0.2, 0.25) is 0 Å². The van der Waals surface area contributed by atoms with Gasteiger partial charge >= 0.3 is 0 Å². The van der Waals surface area contributed by atoms with Gasteiger partial charge in [0, 0.05) is 18.4 Å². The van der Waals surface area contributed by atoms with Gasteiger partial charge in [-0.2, -0.15) is 0 Å². The van der Waals surface area contributed by atoms with Crippen molar-refractivity contribution in [1.82, 2.24) is 0 Å². The molecular formula is C13H17BrFN. The molecule has 1 aliphatic heterocycles. The number of nitrogens with zero attached hydrogens (tertiary/aromatic N) is 1. The largest absolute Gasteiger partial charge is 0.369 e. The molecular weight excluding hydrogens is 269 g/mol. The molecule has 3 heteroatoms. The molecule has 0 spiro atoms. The van der Waals surface area contributed by atoms with Gasteiger partial charge in [-0.05, 0) is 30.0 Å². The van der Waals surface area contributed by atoms with Gasteiger partial charge in [0.05, 0.1) is 5.69 Å². The lowest BCUT2D eigenvalue weighted by Gasteiger charge is -2.19. The predicted octanol–water partition coefficient (Wildman–Crippen LogP) is 3.96. The van der Waals surface area contributed by atoms with Crippen molar-refractivity contribution in [3.05, 3.63) is 29.6 Å². The molecule has 1 aliphatic rings. The van der Waals surface area contributed by atoms with Crippen LogP contribution in [0.1, 0.15) is 25.3 Å². The predicted molar refractivity (Wildman–Crippen MR) is 69.6 cm³/mol. The Labute approximate surface area is 105 Å². The maximum atomic E-state index is 13.9. The number of hydrogen-bond donors (Lipinski definition) is 0. The van der Waals surface area contributed by atoms with Gasteiger partial charge in [0.1, 0.15) is 5.82 Å². The van der Waals surface area contributed by atoms with E-state index in [0.29, 0.717) is 5.33 Å². The minimum Gasteiger partial charge on any atom is -0.369 e. The maximum Gasteiger partial charge on any atom is 0.146 e. The minimum absolute atomic E-state index is 0.0892. The molecule has 0 bridgehead atoms. The standard InChI is InChI=1S/C13H17BrFN/c1-2-10-5-6-16(9-10)13-4-3-11(8-14)7-12(13)15/h3-4,7,10H,2,5-6,8-9H2,1H3. The van der Waals surface area contributed by atoms with Gasteiger partial charge in [-0.25, -0.2) is 4.39 Å². The molecule has 1 saturated heterocycles. The van der Waals surface area contributed by atoms with Crippen LogP contribution in [0.3, 0.4) is 0 Å². The normalized spacial score (nSPS) is 20.4. The third-order valence-corrected chi connectivity index (χ3v) is 4.02. The number of benzene rings is 1. The topological polar surface area (TPSA) is 3.24 Å². The van der Waals surface area contributed by atoms with Crippen molar-refractivity contribution in [2.24, 2.45) is 5.92 Å². The Hall–Kier alpha value is -0.570. The summed E-state index contributed by atoms with van der Waals surface area (Å²) in [5, 5.41) is 0.710. The molecule has 1 atom stereocenters. The molecule has 2 rings (SSSR count). The molecule has 88 valence electrons. The average Bonchev–Trinajstić information content (AvgIpc) is 2.77. The summed E-state index contributed by atoms with van der Waals surface area (Å²) < 4.78 is 13.9. The number of halogens is 2. The summed E-state index contributed by atoms with van der Waals surface area (Å²) in [6.07, 6.45) is 2.38. The fourth-order valence-corrected chi connectivity index (χ4v) is 2.62. The quantitative estimate of drug-likeness (QED) is 0.760. The summed E-state index contributed by atoms with van der Waals surface area (Å²) in [7, 11) is 0. The molecule has 1 fully saturated rings. The van der Waals surface area contributed by atoms with Crippen LogP contribution in [0.2, 0.25) is 0 Å². The van der Waals surface area contributed by atoms with Gasteiger partial charge in [-0.3, -0.25) is 0 Å². The third-order valence-electron chi connectivity index (χ3n) is 3.37. The van der Waals surface area contributed by atoms with E-state index in [1.807, 2.05) is 12.1 Å². The second kappa shape index (κ2) is 5.17. The van der Waals surface area contributed by atoms with Crippen LogP contribution in [0.4, 0.5) is 10.1 Å². The van der Waals surface area contributed by atoms with E-state index >= 15 is 0 Å². The third kappa shape index (κ3) is 2.40. The summed E-state index contributed by atoms with van der Waals surface area (Å²) >= 11 is 3.34. The highest BCUT2D eigenvalue weighted by Gasteiger charge is 2.22. The Kier molecular flexibility index (Phi) is 3.85. The van der Waals surface area contributed by atoms with E-state index in [2.05, 4.69) is 27.8 Å². The summed E-state index contributed by atoms with van der Waals surface area (Å²) in [4.78, 5) is 2.17. The van der Waals surface area contributed by atoms with Crippen molar-refractivity contribution in [2.75, 3.05) is 18.0 Å². The van der Waals surface area contributed by atoms with E-state index in [-0.39, 0.29) is 5.82 Å². The van der Waals surface area contributed by atoms with Crippen LogP contribution < -0.4 is 4.90 Å². The van der Waals surface area contributed by atoms with Crippen LogP contribution >= 0.6 is 15.9 Å². The summed E-state index contributed by atoms with van der Waals surface area (Å²) in [5.74, 6) is 0.643. The van der Waals surface area contributed by atoms with E-state index in [1.165, 1.54) is 12.8 Å². The molecule has 1 heterocycles. The molecule has 0 saturated carbocycles. The lowest BCUT2D eigenvalue weighted by molar-refractivity contribution is 0.567. The van der Waals surface area contributed by atoms with Crippen molar-refractivity contribution in [3.63, 3.8) is 0 Å². The second-order valence-electron chi connectivity index (χ2n) is 4.43. The SMILES string of the molecule is CCC1CCN(c2ccc(CBr)cc2F)C1. The van der Waals surface area contributed by atoms with E-state index in [4.69, 9.17) is 0 Å². The molecule has 0 aliphatic carbocycles. The molecule has 0 aromatic heterocycles. The molecule has 1 unspecified atom stereocenters. The van der Waals surface area contributed by atoms with Gasteiger partial charge < -0.3 is 4.90 Å². The maximum absolute atomic E-state index is 13.9.